The number of nitrogens with two attached hydrogens (primary N) is 1. The Hall–Kier alpha value is -0.570. The van der Waals surface area contributed by atoms with E-state index < -0.39 is 0 Å². The van der Waals surface area contributed by atoms with Crippen LogP contribution < -0.4 is 5.73 Å². The lowest BCUT2D eigenvalue weighted by atomic mass is 9.93. The van der Waals surface area contributed by atoms with Gasteiger partial charge in [-0.15, -0.1) is 0 Å². The van der Waals surface area contributed by atoms with Crippen LogP contribution in [0.5, 0.6) is 0 Å². The van der Waals surface area contributed by atoms with E-state index >= 15 is 0 Å². The van der Waals surface area contributed by atoms with Gasteiger partial charge in [0.25, 0.3) is 0 Å². The van der Waals surface area contributed by atoms with Crippen molar-refractivity contribution in [2.24, 2.45) is 11.7 Å². The lowest BCUT2D eigenvalue weighted by Gasteiger charge is -2.32. The summed E-state index contributed by atoms with van der Waals surface area (Å²) in [5.74, 6) is 0.549. The number of unbranched alkanes of at least 4 members (excludes halogenated alkanes) is 3. The molecule has 0 saturated carbocycles. The number of hydrogen-bond acceptors (Lipinski definition) is 2. The molecule has 1 heterocycles. The molecule has 1 fully saturated rings. The predicted octanol–water partition coefficient (Wildman–Crippen LogP) is 2.54. The molecule has 1 amide bonds. The molecule has 2 N–H and O–H groups in total. The van der Waals surface area contributed by atoms with E-state index in [4.69, 9.17) is 5.73 Å². The summed E-state index contributed by atoms with van der Waals surface area (Å²) in [6.45, 7) is 5.92. The normalized spacial score (nSPS) is 21.6. The summed E-state index contributed by atoms with van der Waals surface area (Å²) < 4.78 is 0. The molecular formula is C14H28N2O. The third-order valence-electron chi connectivity index (χ3n) is 3.73. The Morgan fingerprint density at radius 1 is 1.35 bits per heavy atom. The van der Waals surface area contributed by atoms with Crippen LogP contribution in [-0.2, 0) is 4.79 Å². The fourth-order valence-corrected chi connectivity index (χ4v) is 2.70. The van der Waals surface area contributed by atoms with Crippen LogP contribution in [0, 0.1) is 5.92 Å². The second-order valence-corrected chi connectivity index (χ2v) is 5.37. The van der Waals surface area contributed by atoms with Crippen LogP contribution in [0.15, 0.2) is 0 Å². The number of primary amides is 1. The Morgan fingerprint density at radius 3 is 2.88 bits per heavy atom. The van der Waals surface area contributed by atoms with Gasteiger partial charge < -0.3 is 10.6 Å². The summed E-state index contributed by atoms with van der Waals surface area (Å²) in [6.07, 6.45) is 9.47. The third kappa shape index (κ3) is 6.67. The van der Waals surface area contributed by atoms with Gasteiger partial charge in [-0.2, -0.15) is 0 Å². The summed E-state index contributed by atoms with van der Waals surface area (Å²) in [5.41, 5.74) is 5.21. The van der Waals surface area contributed by atoms with Gasteiger partial charge in [0.2, 0.25) is 5.91 Å². The highest BCUT2D eigenvalue weighted by Gasteiger charge is 2.19. The van der Waals surface area contributed by atoms with E-state index in [-0.39, 0.29) is 5.91 Å². The van der Waals surface area contributed by atoms with E-state index in [0.717, 1.165) is 6.42 Å². The van der Waals surface area contributed by atoms with Crippen molar-refractivity contribution in [2.45, 2.75) is 58.3 Å². The minimum absolute atomic E-state index is 0.148. The van der Waals surface area contributed by atoms with Crippen molar-refractivity contribution in [3.05, 3.63) is 0 Å². The molecule has 0 aromatic heterocycles. The van der Waals surface area contributed by atoms with Gasteiger partial charge in [0.15, 0.2) is 0 Å². The fourth-order valence-electron chi connectivity index (χ4n) is 2.70. The zero-order valence-electron chi connectivity index (χ0n) is 11.3. The van der Waals surface area contributed by atoms with Crippen LogP contribution in [0.1, 0.15) is 58.3 Å². The number of nitrogens with zero attached hydrogens (tertiary/aromatic N) is 1. The molecule has 0 aliphatic carbocycles. The number of carbonyl (C=O) groups excluding carboxylic acids is 1. The standard InChI is InChI=1S/C14H28N2O/c1-2-3-4-5-10-16-11-6-7-13(12-16)8-9-14(15)17/h13H,2-12H2,1H3,(H2,15,17). The molecule has 0 bridgehead atoms. The van der Waals surface area contributed by atoms with E-state index in [9.17, 15) is 4.79 Å². The van der Waals surface area contributed by atoms with Gasteiger partial charge in [0.1, 0.15) is 0 Å². The third-order valence-corrected chi connectivity index (χ3v) is 3.73. The van der Waals surface area contributed by atoms with Crippen molar-refractivity contribution < 1.29 is 4.79 Å². The van der Waals surface area contributed by atoms with Crippen LogP contribution in [0.4, 0.5) is 0 Å². The zero-order valence-corrected chi connectivity index (χ0v) is 11.3. The second kappa shape index (κ2) is 8.51. The van der Waals surface area contributed by atoms with Crippen LogP contribution in [0.2, 0.25) is 0 Å². The van der Waals surface area contributed by atoms with Gasteiger partial charge in [0.05, 0.1) is 0 Å². The summed E-state index contributed by atoms with van der Waals surface area (Å²) in [5, 5.41) is 0. The number of carbonyl (C=O) groups is 1. The molecule has 0 aromatic rings. The minimum Gasteiger partial charge on any atom is -0.370 e. The molecule has 1 saturated heterocycles. The topological polar surface area (TPSA) is 46.3 Å². The number of rotatable bonds is 8. The number of amides is 1. The SMILES string of the molecule is CCCCCCN1CCCC(CCC(N)=O)C1. The molecule has 0 radical (unpaired) electrons. The van der Waals surface area contributed by atoms with Crippen LogP contribution in [-0.4, -0.2) is 30.4 Å². The van der Waals surface area contributed by atoms with Crippen molar-refractivity contribution in [1.82, 2.24) is 4.90 Å². The first-order chi connectivity index (χ1) is 8.22. The summed E-state index contributed by atoms with van der Waals surface area (Å²) >= 11 is 0. The molecule has 100 valence electrons. The van der Waals surface area contributed by atoms with Gasteiger partial charge in [-0.3, -0.25) is 4.79 Å². The molecule has 1 rings (SSSR count). The van der Waals surface area contributed by atoms with E-state index in [1.807, 2.05) is 0 Å². The summed E-state index contributed by atoms with van der Waals surface area (Å²) in [7, 11) is 0. The maximum atomic E-state index is 10.8. The van der Waals surface area contributed by atoms with Crippen LogP contribution >= 0.6 is 0 Å². The Morgan fingerprint density at radius 2 is 2.18 bits per heavy atom. The van der Waals surface area contributed by atoms with Gasteiger partial charge in [0, 0.05) is 13.0 Å². The molecule has 0 aromatic carbocycles. The molecule has 1 aliphatic rings. The fraction of sp³-hybridized carbons (Fsp3) is 0.929. The van der Waals surface area contributed by atoms with Gasteiger partial charge in [-0.1, -0.05) is 26.2 Å². The first kappa shape index (κ1) is 14.5. The zero-order chi connectivity index (χ0) is 12.5. The first-order valence-electron chi connectivity index (χ1n) is 7.23. The molecule has 1 unspecified atom stereocenters. The monoisotopic (exact) mass is 240 g/mol. The van der Waals surface area contributed by atoms with E-state index in [2.05, 4.69) is 11.8 Å². The molecule has 3 nitrogen and oxygen atoms in total. The van der Waals surface area contributed by atoms with Gasteiger partial charge in [-0.25, -0.2) is 0 Å². The Labute approximate surface area is 106 Å². The Balaban J connectivity index is 2.12. The highest BCUT2D eigenvalue weighted by atomic mass is 16.1. The smallest absolute Gasteiger partial charge is 0.217 e. The van der Waals surface area contributed by atoms with Crippen molar-refractivity contribution in [2.75, 3.05) is 19.6 Å². The highest BCUT2D eigenvalue weighted by molar-refractivity contribution is 5.73. The number of piperidine rings is 1. The minimum atomic E-state index is -0.148. The molecule has 1 atom stereocenters. The van der Waals surface area contributed by atoms with Crippen LogP contribution in [0.3, 0.4) is 0 Å². The molecule has 1 aliphatic heterocycles. The van der Waals surface area contributed by atoms with E-state index in [1.165, 1.54) is 58.2 Å². The maximum Gasteiger partial charge on any atom is 0.217 e. The van der Waals surface area contributed by atoms with Crippen molar-refractivity contribution >= 4 is 5.91 Å². The molecule has 3 heteroatoms. The Bertz CT molecular complexity index is 218. The molecular weight excluding hydrogens is 212 g/mol. The first-order valence-corrected chi connectivity index (χ1v) is 7.23. The Kier molecular flexibility index (Phi) is 7.25. The quantitative estimate of drug-likeness (QED) is 0.663. The summed E-state index contributed by atoms with van der Waals surface area (Å²) in [6, 6.07) is 0. The lowest BCUT2D eigenvalue weighted by Crippen LogP contribution is -2.36. The van der Waals surface area contributed by atoms with Crippen LogP contribution in [0.25, 0.3) is 0 Å². The average molecular weight is 240 g/mol. The van der Waals surface area contributed by atoms with E-state index in [0.29, 0.717) is 12.3 Å². The molecule has 17 heavy (non-hydrogen) atoms. The lowest BCUT2D eigenvalue weighted by molar-refractivity contribution is -0.118. The molecule has 0 spiro atoms. The van der Waals surface area contributed by atoms with Crippen molar-refractivity contribution in [1.29, 1.82) is 0 Å². The number of hydrogen-bond donors (Lipinski definition) is 1. The highest BCUT2D eigenvalue weighted by Crippen LogP contribution is 2.21. The van der Waals surface area contributed by atoms with Gasteiger partial charge >= 0.3 is 0 Å². The summed E-state index contributed by atoms with van der Waals surface area (Å²) in [4.78, 5) is 13.4. The van der Waals surface area contributed by atoms with Crippen molar-refractivity contribution in [3.8, 4) is 0 Å². The van der Waals surface area contributed by atoms with Gasteiger partial charge in [-0.05, 0) is 44.7 Å². The predicted molar refractivity (Wildman–Crippen MR) is 71.7 cm³/mol. The van der Waals surface area contributed by atoms with E-state index in [1.54, 1.807) is 0 Å². The largest absolute Gasteiger partial charge is 0.370 e. The second-order valence-electron chi connectivity index (χ2n) is 5.37. The average Bonchev–Trinajstić information content (AvgIpc) is 2.33. The number of likely N-dealkylation sites (tertiary alicyclic amines) is 1. The van der Waals surface area contributed by atoms with Crippen molar-refractivity contribution in [3.63, 3.8) is 0 Å². The maximum absolute atomic E-state index is 10.8.